The molecule has 1 N–H and O–H groups in total. The fourth-order valence-corrected chi connectivity index (χ4v) is 3.35. The summed E-state index contributed by atoms with van der Waals surface area (Å²) in [7, 11) is 3.03. The second-order valence-corrected chi connectivity index (χ2v) is 6.55. The first-order chi connectivity index (χ1) is 11.7. The van der Waals surface area contributed by atoms with Crippen molar-refractivity contribution in [2.45, 2.75) is 25.2 Å². The Morgan fingerprint density at radius 2 is 2.04 bits per heavy atom. The molecule has 3 rings (SSSR count). The molecule has 1 aromatic heterocycles. The molecule has 2 amide bonds. The fraction of sp³-hybridized carbons (Fsp3) is 0.667. The van der Waals surface area contributed by atoms with Gasteiger partial charge in [0.25, 0.3) is 0 Å². The highest BCUT2D eigenvalue weighted by atomic mass is 19.4. The number of carbonyl (C=O) groups excluding carboxylic acids is 2. The number of likely N-dealkylation sites (tertiary alicyclic amines) is 2. The fourth-order valence-electron chi connectivity index (χ4n) is 3.35. The molecule has 0 aromatic carbocycles. The SMILES string of the molecule is CNC(=O)C1CC(=O)N(C2CN(Cc3cc(C(F)(F)F)nn3C)C2)C1. The van der Waals surface area contributed by atoms with Crippen LogP contribution in [0.25, 0.3) is 0 Å². The van der Waals surface area contributed by atoms with Crippen LogP contribution >= 0.6 is 0 Å². The normalized spacial score (nSPS) is 22.4. The van der Waals surface area contributed by atoms with Crippen molar-refractivity contribution in [3.05, 3.63) is 17.5 Å². The maximum Gasteiger partial charge on any atom is 0.435 e. The van der Waals surface area contributed by atoms with Crippen molar-refractivity contribution in [1.82, 2.24) is 24.9 Å². The Balaban J connectivity index is 1.54. The van der Waals surface area contributed by atoms with E-state index in [0.29, 0.717) is 31.9 Å². The molecule has 0 aliphatic carbocycles. The zero-order valence-electron chi connectivity index (χ0n) is 14.0. The Labute approximate surface area is 142 Å². The van der Waals surface area contributed by atoms with Crippen LogP contribution in [0.3, 0.4) is 0 Å². The van der Waals surface area contributed by atoms with Gasteiger partial charge in [-0.25, -0.2) is 0 Å². The number of halogens is 3. The van der Waals surface area contributed by atoms with E-state index in [0.717, 1.165) is 6.07 Å². The minimum atomic E-state index is -4.45. The van der Waals surface area contributed by atoms with Gasteiger partial charge >= 0.3 is 6.18 Å². The first-order valence-electron chi connectivity index (χ1n) is 8.02. The van der Waals surface area contributed by atoms with E-state index >= 15 is 0 Å². The van der Waals surface area contributed by atoms with E-state index in [4.69, 9.17) is 0 Å². The van der Waals surface area contributed by atoms with E-state index in [-0.39, 0.29) is 30.2 Å². The van der Waals surface area contributed by atoms with Gasteiger partial charge < -0.3 is 10.2 Å². The quantitative estimate of drug-likeness (QED) is 0.835. The molecule has 0 spiro atoms. The zero-order valence-corrected chi connectivity index (χ0v) is 14.0. The van der Waals surface area contributed by atoms with Crippen molar-refractivity contribution >= 4 is 11.8 Å². The number of nitrogens with one attached hydrogen (secondary N) is 1. The monoisotopic (exact) mass is 359 g/mol. The molecule has 0 saturated carbocycles. The lowest BCUT2D eigenvalue weighted by Gasteiger charge is -2.44. The van der Waals surface area contributed by atoms with Crippen molar-refractivity contribution < 1.29 is 22.8 Å². The summed E-state index contributed by atoms with van der Waals surface area (Å²) in [6.07, 6.45) is -4.24. The molecule has 3 heterocycles. The first-order valence-corrected chi connectivity index (χ1v) is 8.02. The van der Waals surface area contributed by atoms with E-state index in [1.807, 2.05) is 4.90 Å². The molecular formula is C15H20F3N5O2. The van der Waals surface area contributed by atoms with Crippen LogP contribution in [0, 0.1) is 5.92 Å². The van der Waals surface area contributed by atoms with Crippen molar-refractivity contribution in [2.75, 3.05) is 26.7 Å². The maximum absolute atomic E-state index is 12.7. The number of carbonyl (C=O) groups is 2. The average Bonchev–Trinajstić information content (AvgIpc) is 3.05. The van der Waals surface area contributed by atoms with Crippen LogP contribution in [0.4, 0.5) is 13.2 Å². The molecule has 138 valence electrons. The van der Waals surface area contributed by atoms with Gasteiger partial charge in [0, 0.05) is 46.7 Å². The molecule has 2 saturated heterocycles. The van der Waals surface area contributed by atoms with Crippen LogP contribution in [0.1, 0.15) is 17.8 Å². The van der Waals surface area contributed by atoms with Gasteiger partial charge in [-0.15, -0.1) is 0 Å². The molecule has 0 bridgehead atoms. The Morgan fingerprint density at radius 1 is 1.36 bits per heavy atom. The molecule has 1 atom stereocenters. The van der Waals surface area contributed by atoms with E-state index in [2.05, 4.69) is 10.4 Å². The van der Waals surface area contributed by atoms with Gasteiger partial charge in [0.1, 0.15) is 0 Å². The topological polar surface area (TPSA) is 70.5 Å². The largest absolute Gasteiger partial charge is 0.435 e. The zero-order chi connectivity index (χ0) is 18.4. The lowest BCUT2D eigenvalue weighted by molar-refractivity contribution is -0.141. The van der Waals surface area contributed by atoms with Crippen LogP contribution in [-0.4, -0.2) is 64.1 Å². The number of nitrogens with zero attached hydrogens (tertiary/aromatic N) is 4. The number of amides is 2. The number of rotatable bonds is 4. The predicted octanol–water partition coefficient (Wildman–Crippen LogP) is 0.218. The van der Waals surface area contributed by atoms with Gasteiger partial charge in [0.05, 0.1) is 17.7 Å². The summed E-state index contributed by atoms with van der Waals surface area (Å²) >= 11 is 0. The molecule has 2 aliphatic rings. The van der Waals surface area contributed by atoms with E-state index in [1.165, 1.54) is 11.7 Å². The minimum absolute atomic E-state index is 0.0115. The Bertz CT molecular complexity index is 681. The van der Waals surface area contributed by atoms with Crippen molar-refractivity contribution in [3.63, 3.8) is 0 Å². The van der Waals surface area contributed by atoms with Crippen LogP contribution in [0.15, 0.2) is 6.07 Å². The van der Waals surface area contributed by atoms with Gasteiger partial charge in [0.2, 0.25) is 11.8 Å². The van der Waals surface area contributed by atoms with Crippen LogP contribution < -0.4 is 5.32 Å². The summed E-state index contributed by atoms with van der Waals surface area (Å²) in [6, 6.07) is 1.06. The summed E-state index contributed by atoms with van der Waals surface area (Å²) in [5.41, 5.74) is -0.424. The summed E-state index contributed by atoms with van der Waals surface area (Å²) in [5.74, 6) is -0.502. The third-order valence-corrected chi connectivity index (χ3v) is 4.81. The molecule has 10 heteroatoms. The molecular weight excluding hydrogens is 339 g/mol. The van der Waals surface area contributed by atoms with Crippen LogP contribution in [0.5, 0.6) is 0 Å². The molecule has 2 aliphatic heterocycles. The van der Waals surface area contributed by atoms with E-state index < -0.39 is 11.9 Å². The lowest BCUT2D eigenvalue weighted by Crippen LogP contribution is -2.59. The van der Waals surface area contributed by atoms with Gasteiger partial charge in [-0.05, 0) is 6.07 Å². The summed E-state index contributed by atoms with van der Waals surface area (Å²) in [5, 5.41) is 6.05. The molecule has 0 radical (unpaired) electrons. The molecule has 25 heavy (non-hydrogen) atoms. The van der Waals surface area contributed by atoms with E-state index in [9.17, 15) is 22.8 Å². The molecule has 2 fully saturated rings. The summed E-state index contributed by atoms with van der Waals surface area (Å²) in [6.45, 7) is 1.91. The Hall–Kier alpha value is -2.10. The lowest BCUT2D eigenvalue weighted by atomic mass is 10.1. The third-order valence-electron chi connectivity index (χ3n) is 4.81. The first kappa shape index (κ1) is 17.7. The van der Waals surface area contributed by atoms with Crippen molar-refractivity contribution in [2.24, 2.45) is 13.0 Å². The van der Waals surface area contributed by atoms with Gasteiger partial charge in [-0.1, -0.05) is 0 Å². The van der Waals surface area contributed by atoms with E-state index in [1.54, 1.807) is 11.9 Å². The summed E-state index contributed by atoms with van der Waals surface area (Å²) in [4.78, 5) is 27.4. The van der Waals surface area contributed by atoms with Gasteiger partial charge in [-0.3, -0.25) is 19.2 Å². The molecule has 1 unspecified atom stereocenters. The second kappa shape index (κ2) is 6.32. The minimum Gasteiger partial charge on any atom is -0.359 e. The molecule has 7 nitrogen and oxygen atoms in total. The van der Waals surface area contributed by atoms with Gasteiger partial charge in [-0.2, -0.15) is 18.3 Å². The number of alkyl halides is 3. The van der Waals surface area contributed by atoms with Gasteiger partial charge in [0.15, 0.2) is 5.69 Å². The highest BCUT2D eigenvalue weighted by Gasteiger charge is 2.42. The standard InChI is InChI=1S/C15H20F3N5O2/c1-19-14(25)9-3-13(24)23(5-9)11-7-22(8-11)6-10-4-12(15(16,17)18)20-21(10)2/h4,9,11H,3,5-8H2,1-2H3,(H,19,25). The number of hydrogen-bond acceptors (Lipinski definition) is 4. The van der Waals surface area contributed by atoms with Crippen LogP contribution in [0.2, 0.25) is 0 Å². The summed E-state index contributed by atoms with van der Waals surface area (Å²) < 4.78 is 39.3. The highest BCUT2D eigenvalue weighted by Crippen LogP contribution is 2.30. The highest BCUT2D eigenvalue weighted by molar-refractivity contribution is 5.89. The second-order valence-electron chi connectivity index (χ2n) is 6.55. The van der Waals surface area contributed by atoms with Crippen molar-refractivity contribution in [3.8, 4) is 0 Å². The van der Waals surface area contributed by atoms with Crippen LogP contribution in [-0.2, 0) is 29.4 Å². The average molecular weight is 359 g/mol. The third kappa shape index (κ3) is 3.48. The Kier molecular flexibility index (Phi) is 4.48. The number of aryl methyl sites for hydroxylation is 1. The Morgan fingerprint density at radius 3 is 2.60 bits per heavy atom. The smallest absolute Gasteiger partial charge is 0.359 e. The number of hydrogen-bond donors (Lipinski definition) is 1. The number of aromatic nitrogens is 2. The predicted molar refractivity (Wildman–Crippen MR) is 81.2 cm³/mol. The van der Waals surface area contributed by atoms with Crippen molar-refractivity contribution in [1.29, 1.82) is 0 Å². The molecule has 1 aromatic rings. The maximum atomic E-state index is 12.7.